The molecule has 2 heterocycles. The monoisotopic (exact) mass is 709 g/mol. The summed E-state index contributed by atoms with van der Waals surface area (Å²) in [6, 6.07) is 21.1. The van der Waals surface area contributed by atoms with Crippen LogP contribution in [-0.4, -0.2) is 36.3 Å². The summed E-state index contributed by atoms with van der Waals surface area (Å²) in [6.45, 7) is 9.57. The second-order valence-electron chi connectivity index (χ2n) is 13.6. The Bertz CT molecular complexity index is 2060. The van der Waals surface area contributed by atoms with Crippen molar-refractivity contribution in [3.63, 3.8) is 0 Å². The fraction of sp³-hybridized carbons (Fsp3) is 0.300. The zero-order valence-corrected chi connectivity index (χ0v) is 30.0. The molecule has 4 aromatic carbocycles. The van der Waals surface area contributed by atoms with E-state index in [9.17, 15) is 19.2 Å². The van der Waals surface area contributed by atoms with Crippen LogP contribution in [0.4, 0.5) is 16.2 Å². The van der Waals surface area contributed by atoms with E-state index in [0.717, 1.165) is 29.5 Å². The lowest BCUT2D eigenvalue weighted by Gasteiger charge is -2.37. The van der Waals surface area contributed by atoms with Crippen molar-refractivity contribution in [3.05, 3.63) is 112 Å². The van der Waals surface area contributed by atoms with E-state index < -0.39 is 23.0 Å². The maximum absolute atomic E-state index is 13.6. The van der Waals surface area contributed by atoms with Crippen molar-refractivity contribution in [1.82, 2.24) is 5.32 Å². The second kappa shape index (κ2) is 14.1. The molecule has 6 rings (SSSR count). The number of nitrogens with one attached hydrogen (secondary N) is 3. The average Bonchev–Trinajstić information content (AvgIpc) is 3.34. The molecule has 10 nitrogen and oxygen atoms in total. The minimum absolute atomic E-state index is 0.0871. The molecule has 1 unspecified atom stereocenters. The van der Waals surface area contributed by atoms with Crippen molar-refractivity contribution in [2.75, 3.05) is 23.1 Å². The number of anilines is 2. The number of aryl methyl sites for hydroxylation is 2. The summed E-state index contributed by atoms with van der Waals surface area (Å²) in [7, 11) is 0. The van der Waals surface area contributed by atoms with Crippen molar-refractivity contribution in [2.45, 2.75) is 64.9 Å². The van der Waals surface area contributed by atoms with Crippen molar-refractivity contribution in [2.24, 2.45) is 0 Å². The Morgan fingerprint density at radius 3 is 2.20 bits per heavy atom. The molecule has 51 heavy (non-hydrogen) atoms. The molecule has 0 radical (unpaired) electrons. The number of urea groups is 1. The lowest BCUT2D eigenvalue weighted by atomic mass is 9.77. The SMILES string of the molecule is CC(=O)Oc1cc(C)cc(C)c1C(C)(C)CC(=O)Nc1ccc2c(c1)Oc1cc(NC(=O)NCCCCCl)ccc1C21OC(=O)c2ccccc21. The zero-order chi connectivity index (χ0) is 36.5. The van der Waals surface area contributed by atoms with Crippen LogP contribution >= 0.6 is 11.6 Å². The zero-order valence-electron chi connectivity index (χ0n) is 29.2. The maximum atomic E-state index is 13.6. The fourth-order valence-corrected chi connectivity index (χ4v) is 7.34. The van der Waals surface area contributed by atoms with Gasteiger partial charge in [0.1, 0.15) is 17.2 Å². The Morgan fingerprint density at radius 1 is 0.863 bits per heavy atom. The molecule has 264 valence electrons. The van der Waals surface area contributed by atoms with Gasteiger partial charge in [0.05, 0.1) is 5.56 Å². The summed E-state index contributed by atoms with van der Waals surface area (Å²) < 4.78 is 18.3. The normalized spacial score (nSPS) is 15.5. The van der Waals surface area contributed by atoms with Crippen LogP contribution in [0.2, 0.25) is 0 Å². The van der Waals surface area contributed by atoms with Gasteiger partial charge in [-0.2, -0.15) is 0 Å². The minimum Gasteiger partial charge on any atom is -0.456 e. The predicted octanol–water partition coefficient (Wildman–Crippen LogP) is 8.24. The van der Waals surface area contributed by atoms with Gasteiger partial charge >= 0.3 is 18.0 Å². The first-order valence-electron chi connectivity index (χ1n) is 16.8. The standard InChI is InChI=1S/C40H40ClN3O7/c1-23-18-24(2)36(34(19-23)49-25(3)45)39(4,5)22-35(46)43-26-12-14-30-32(20-26)50-33-21-27(44-38(48)42-17-9-8-16-41)13-15-31(33)40(30)29-11-7-6-10-28(29)37(47)51-40/h6-7,10-15,18-21H,8-9,16-17,22H2,1-5H3,(H,43,46)(H2,42,44,48). The quantitative estimate of drug-likeness (QED) is 0.0654. The van der Waals surface area contributed by atoms with E-state index in [-0.39, 0.29) is 18.4 Å². The molecule has 1 spiro atoms. The molecule has 0 bridgehead atoms. The Hall–Kier alpha value is -5.35. The summed E-state index contributed by atoms with van der Waals surface area (Å²) in [5.41, 5.74) is 3.86. The molecule has 0 saturated carbocycles. The van der Waals surface area contributed by atoms with Crippen molar-refractivity contribution in [1.29, 1.82) is 0 Å². The minimum atomic E-state index is -1.32. The Balaban J connectivity index is 1.31. The summed E-state index contributed by atoms with van der Waals surface area (Å²) >= 11 is 5.75. The largest absolute Gasteiger partial charge is 0.456 e. The van der Waals surface area contributed by atoms with E-state index in [1.165, 1.54) is 6.92 Å². The number of alkyl halides is 1. The van der Waals surface area contributed by atoms with Gasteiger partial charge in [-0.05, 0) is 74.2 Å². The number of esters is 2. The highest BCUT2D eigenvalue weighted by molar-refractivity contribution is 6.17. The topological polar surface area (TPSA) is 132 Å². The third-order valence-electron chi connectivity index (χ3n) is 9.08. The molecule has 2 aliphatic heterocycles. The van der Waals surface area contributed by atoms with Gasteiger partial charge in [-0.25, -0.2) is 9.59 Å². The number of carbonyl (C=O) groups excluding carboxylic acids is 4. The molecular formula is C40H40ClN3O7. The van der Waals surface area contributed by atoms with Crippen LogP contribution in [0, 0.1) is 13.8 Å². The highest BCUT2D eigenvalue weighted by Crippen LogP contribution is 2.56. The van der Waals surface area contributed by atoms with E-state index in [1.54, 1.807) is 48.5 Å². The van der Waals surface area contributed by atoms with E-state index in [2.05, 4.69) is 16.0 Å². The molecule has 2 aliphatic rings. The van der Waals surface area contributed by atoms with Gasteiger partial charge in [-0.1, -0.05) is 38.1 Å². The number of halogens is 1. The first-order valence-corrected chi connectivity index (χ1v) is 17.4. The summed E-state index contributed by atoms with van der Waals surface area (Å²) in [5.74, 6) is 0.547. The van der Waals surface area contributed by atoms with Crippen LogP contribution in [0.5, 0.6) is 17.2 Å². The number of ether oxygens (including phenoxy) is 3. The van der Waals surface area contributed by atoms with Gasteiger partial charge in [0, 0.05) is 76.9 Å². The average molecular weight is 710 g/mol. The van der Waals surface area contributed by atoms with Gasteiger partial charge in [0.15, 0.2) is 5.60 Å². The molecule has 11 heteroatoms. The van der Waals surface area contributed by atoms with Gasteiger partial charge in [0.25, 0.3) is 0 Å². The number of hydrogen-bond donors (Lipinski definition) is 3. The second-order valence-corrected chi connectivity index (χ2v) is 14.0. The Morgan fingerprint density at radius 2 is 1.53 bits per heavy atom. The molecule has 0 fully saturated rings. The maximum Gasteiger partial charge on any atom is 0.340 e. The highest BCUT2D eigenvalue weighted by atomic mass is 35.5. The van der Waals surface area contributed by atoms with Crippen LogP contribution in [0.15, 0.2) is 72.8 Å². The van der Waals surface area contributed by atoms with Crippen molar-refractivity contribution >= 4 is 46.9 Å². The highest BCUT2D eigenvalue weighted by Gasteiger charge is 2.53. The molecule has 3 N–H and O–H groups in total. The molecule has 0 aromatic heterocycles. The number of hydrogen-bond acceptors (Lipinski definition) is 7. The van der Waals surface area contributed by atoms with Gasteiger partial charge < -0.3 is 30.2 Å². The van der Waals surface area contributed by atoms with Crippen molar-refractivity contribution < 1.29 is 33.4 Å². The van der Waals surface area contributed by atoms with E-state index in [4.69, 9.17) is 25.8 Å². The predicted molar refractivity (Wildman–Crippen MR) is 195 cm³/mol. The third-order valence-corrected chi connectivity index (χ3v) is 9.35. The first kappa shape index (κ1) is 35.5. The summed E-state index contributed by atoms with van der Waals surface area (Å²) in [4.78, 5) is 51.4. The third kappa shape index (κ3) is 7.01. The van der Waals surface area contributed by atoms with E-state index >= 15 is 0 Å². The number of amides is 3. The van der Waals surface area contributed by atoms with Crippen LogP contribution in [0.3, 0.4) is 0 Å². The molecule has 0 saturated heterocycles. The van der Waals surface area contributed by atoms with Crippen LogP contribution < -0.4 is 25.4 Å². The molecule has 3 amide bonds. The van der Waals surface area contributed by atoms with E-state index in [0.29, 0.717) is 63.3 Å². The van der Waals surface area contributed by atoms with E-state index in [1.807, 2.05) is 52.0 Å². The smallest absolute Gasteiger partial charge is 0.340 e. The number of unbranched alkanes of at least 4 members (excludes halogenated alkanes) is 1. The van der Waals surface area contributed by atoms with Crippen molar-refractivity contribution in [3.8, 4) is 17.2 Å². The number of benzene rings is 4. The molecule has 1 atom stereocenters. The molecular weight excluding hydrogens is 670 g/mol. The Kier molecular flexibility index (Phi) is 9.81. The lowest BCUT2D eigenvalue weighted by molar-refractivity contribution is -0.132. The van der Waals surface area contributed by atoms with Gasteiger partial charge in [-0.15, -0.1) is 11.6 Å². The number of fused-ring (bicyclic) bond motifs is 6. The van der Waals surface area contributed by atoms with Gasteiger partial charge in [-0.3, -0.25) is 9.59 Å². The van der Waals surface area contributed by atoms with Crippen LogP contribution in [0.1, 0.15) is 83.8 Å². The molecule has 0 aliphatic carbocycles. The van der Waals surface area contributed by atoms with Crippen LogP contribution in [-0.2, 0) is 25.3 Å². The Labute approximate surface area is 301 Å². The summed E-state index contributed by atoms with van der Waals surface area (Å²) in [5, 5.41) is 8.65. The summed E-state index contributed by atoms with van der Waals surface area (Å²) in [6.07, 6.45) is 1.63. The number of carbonyl (C=O) groups is 4. The van der Waals surface area contributed by atoms with Gasteiger partial charge in [0.2, 0.25) is 5.91 Å². The fourth-order valence-electron chi connectivity index (χ4n) is 7.15. The lowest BCUT2D eigenvalue weighted by Crippen LogP contribution is -2.33. The number of rotatable bonds is 10. The first-order chi connectivity index (χ1) is 24.3. The molecule has 4 aromatic rings. The van der Waals surface area contributed by atoms with Crippen LogP contribution in [0.25, 0.3) is 0 Å².